The molecule has 0 saturated carbocycles. The van der Waals surface area contributed by atoms with Gasteiger partial charge < -0.3 is 14.4 Å². The summed E-state index contributed by atoms with van der Waals surface area (Å²) >= 11 is 0. The van der Waals surface area contributed by atoms with Gasteiger partial charge in [0, 0.05) is 18.3 Å². The van der Waals surface area contributed by atoms with Crippen LogP contribution in [0.5, 0.6) is 11.5 Å². The first-order valence-electron chi connectivity index (χ1n) is 7.80. The van der Waals surface area contributed by atoms with Gasteiger partial charge in [-0.25, -0.2) is 0 Å². The number of ether oxygens (including phenoxy) is 2. The van der Waals surface area contributed by atoms with Gasteiger partial charge in [-0.15, -0.1) is 0 Å². The summed E-state index contributed by atoms with van der Waals surface area (Å²) in [6.07, 6.45) is 2.09. The van der Waals surface area contributed by atoms with Gasteiger partial charge in [0.1, 0.15) is 11.5 Å². The van der Waals surface area contributed by atoms with E-state index in [0.717, 1.165) is 30.0 Å². The van der Waals surface area contributed by atoms with E-state index >= 15 is 0 Å². The van der Waals surface area contributed by atoms with E-state index in [-0.39, 0.29) is 5.91 Å². The van der Waals surface area contributed by atoms with E-state index in [1.807, 2.05) is 36.4 Å². The highest BCUT2D eigenvalue weighted by Crippen LogP contribution is 2.21. The van der Waals surface area contributed by atoms with Crippen molar-refractivity contribution < 1.29 is 14.3 Å². The molecule has 0 saturated heterocycles. The second-order valence-corrected chi connectivity index (χ2v) is 5.29. The predicted octanol–water partition coefficient (Wildman–Crippen LogP) is 4.15. The summed E-state index contributed by atoms with van der Waals surface area (Å²) in [5.74, 6) is 1.42. The number of rotatable bonds is 7. The standard InChI is InChI=1S/C19H23NO3/c1-4-5-13-23-18-8-6-7-15(14-18)19(21)20(2)16-9-11-17(22-3)12-10-16/h6-12,14H,4-5,13H2,1-3H3. The summed E-state index contributed by atoms with van der Waals surface area (Å²) in [6, 6.07) is 14.7. The van der Waals surface area contributed by atoms with Crippen molar-refractivity contribution in [3.8, 4) is 11.5 Å². The quantitative estimate of drug-likeness (QED) is 0.721. The van der Waals surface area contributed by atoms with Gasteiger partial charge in [-0.3, -0.25) is 4.79 Å². The third kappa shape index (κ3) is 4.49. The van der Waals surface area contributed by atoms with Crippen molar-refractivity contribution in [2.75, 3.05) is 25.7 Å². The molecule has 0 aliphatic carbocycles. The minimum atomic E-state index is -0.0730. The SMILES string of the molecule is CCCCOc1cccc(C(=O)N(C)c2ccc(OC)cc2)c1. The maximum atomic E-state index is 12.6. The van der Waals surface area contributed by atoms with Gasteiger partial charge in [-0.05, 0) is 48.9 Å². The number of carbonyl (C=O) groups excluding carboxylic acids is 1. The Morgan fingerprint density at radius 1 is 1.09 bits per heavy atom. The zero-order valence-electron chi connectivity index (χ0n) is 13.9. The minimum Gasteiger partial charge on any atom is -0.497 e. The molecule has 0 aliphatic rings. The highest BCUT2D eigenvalue weighted by molar-refractivity contribution is 6.05. The molecular weight excluding hydrogens is 290 g/mol. The molecule has 0 N–H and O–H groups in total. The van der Waals surface area contributed by atoms with Gasteiger partial charge in [0.05, 0.1) is 13.7 Å². The molecule has 2 rings (SSSR count). The lowest BCUT2D eigenvalue weighted by Crippen LogP contribution is -2.26. The van der Waals surface area contributed by atoms with Crippen LogP contribution < -0.4 is 14.4 Å². The highest BCUT2D eigenvalue weighted by Gasteiger charge is 2.14. The highest BCUT2D eigenvalue weighted by atomic mass is 16.5. The fourth-order valence-corrected chi connectivity index (χ4v) is 2.17. The largest absolute Gasteiger partial charge is 0.497 e. The van der Waals surface area contributed by atoms with Crippen LogP contribution in [0.1, 0.15) is 30.1 Å². The van der Waals surface area contributed by atoms with Crippen LogP contribution in [0, 0.1) is 0 Å². The van der Waals surface area contributed by atoms with Crippen LogP contribution >= 0.6 is 0 Å². The number of anilines is 1. The fourth-order valence-electron chi connectivity index (χ4n) is 2.17. The van der Waals surface area contributed by atoms with E-state index in [1.54, 1.807) is 31.2 Å². The summed E-state index contributed by atoms with van der Waals surface area (Å²) in [5, 5.41) is 0. The van der Waals surface area contributed by atoms with E-state index in [0.29, 0.717) is 12.2 Å². The van der Waals surface area contributed by atoms with Gasteiger partial charge in [0.2, 0.25) is 0 Å². The minimum absolute atomic E-state index is 0.0730. The molecule has 4 heteroatoms. The van der Waals surface area contributed by atoms with Gasteiger partial charge in [0.15, 0.2) is 0 Å². The van der Waals surface area contributed by atoms with Crippen molar-refractivity contribution >= 4 is 11.6 Å². The molecule has 122 valence electrons. The van der Waals surface area contributed by atoms with Crippen molar-refractivity contribution in [1.29, 1.82) is 0 Å². The lowest BCUT2D eigenvalue weighted by molar-refractivity contribution is 0.0992. The topological polar surface area (TPSA) is 38.8 Å². The zero-order chi connectivity index (χ0) is 16.7. The molecule has 2 aromatic carbocycles. The number of methoxy groups -OCH3 is 1. The predicted molar refractivity (Wildman–Crippen MR) is 92.6 cm³/mol. The van der Waals surface area contributed by atoms with Gasteiger partial charge >= 0.3 is 0 Å². The molecular formula is C19H23NO3. The van der Waals surface area contributed by atoms with Crippen LogP contribution in [0.4, 0.5) is 5.69 Å². The van der Waals surface area contributed by atoms with Crippen molar-refractivity contribution in [2.45, 2.75) is 19.8 Å². The van der Waals surface area contributed by atoms with E-state index in [2.05, 4.69) is 6.92 Å². The third-order valence-electron chi connectivity index (χ3n) is 3.61. The monoisotopic (exact) mass is 313 g/mol. The number of carbonyl (C=O) groups is 1. The molecule has 23 heavy (non-hydrogen) atoms. The maximum absolute atomic E-state index is 12.6. The molecule has 0 bridgehead atoms. The Bertz CT molecular complexity index is 637. The number of benzene rings is 2. The smallest absolute Gasteiger partial charge is 0.258 e. The first-order valence-corrected chi connectivity index (χ1v) is 7.80. The Labute approximate surface area is 137 Å². The fraction of sp³-hybridized carbons (Fsp3) is 0.316. The second-order valence-electron chi connectivity index (χ2n) is 5.29. The summed E-state index contributed by atoms with van der Waals surface area (Å²) in [6.45, 7) is 2.79. The number of unbranched alkanes of at least 4 members (excludes halogenated alkanes) is 1. The van der Waals surface area contributed by atoms with E-state index < -0.39 is 0 Å². The van der Waals surface area contributed by atoms with E-state index in [4.69, 9.17) is 9.47 Å². The number of nitrogens with zero attached hydrogens (tertiary/aromatic N) is 1. The van der Waals surface area contributed by atoms with Crippen LogP contribution in [0.25, 0.3) is 0 Å². The summed E-state index contributed by atoms with van der Waals surface area (Å²) in [5.41, 5.74) is 1.42. The van der Waals surface area contributed by atoms with Crippen LogP contribution in [0.15, 0.2) is 48.5 Å². The first kappa shape index (κ1) is 16.9. The zero-order valence-corrected chi connectivity index (χ0v) is 13.9. The molecule has 0 radical (unpaired) electrons. The molecule has 2 aromatic rings. The molecule has 0 aromatic heterocycles. The lowest BCUT2D eigenvalue weighted by atomic mass is 10.1. The third-order valence-corrected chi connectivity index (χ3v) is 3.61. The number of hydrogen-bond donors (Lipinski definition) is 0. The molecule has 1 amide bonds. The number of hydrogen-bond acceptors (Lipinski definition) is 3. The van der Waals surface area contributed by atoms with Gasteiger partial charge in [-0.1, -0.05) is 19.4 Å². The molecule has 0 heterocycles. The van der Waals surface area contributed by atoms with Crippen LogP contribution in [0.3, 0.4) is 0 Å². The first-order chi connectivity index (χ1) is 11.2. The molecule has 0 atom stereocenters. The normalized spacial score (nSPS) is 10.2. The number of amides is 1. The Kier molecular flexibility index (Phi) is 6.03. The van der Waals surface area contributed by atoms with Crippen LogP contribution in [-0.4, -0.2) is 26.7 Å². The van der Waals surface area contributed by atoms with Gasteiger partial charge in [-0.2, -0.15) is 0 Å². The average molecular weight is 313 g/mol. The molecule has 0 spiro atoms. The molecule has 0 aliphatic heterocycles. The van der Waals surface area contributed by atoms with Gasteiger partial charge in [0.25, 0.3) is 5.91 Å². The molecule has 0 unspecified atom stereocenters. The van der Waals surface area contributed by atoms with Crippen LogP contribution in [0.2, 0.25) is 0 Å². The Morgan fingerprint density at radius 2 is 1.83 bits per heavy atom. The van der Waals surface area contributed by atoms with Crippen molar-refractivity contribution in [3.63, 3.8) is 0 Å². The lowest BCUT2D eigenvalue weighted by Gasteiger charge is -2.18. The Balaban J connectivity index is 2.10. The Hall–Kier alpha value is -2.49. The second kappa shape index (κ2) is 8.22. The van der Waals surface area contributed by atoms with E-state index in [1.165, 1.54) is 0 Å². The van der Waals surface area contributed by atoms with Crippen molar-refractivity contribution in [3.05, 3.63) is 54.1 Å². The van der Waals surface area contributed by atoms with Crippen molar-refractivity contribution in [1.82, 2.24) is 0 Å². The van der Waals surface area contributed by atoms with E-state index in [9.17, 15) is 4.79 Å². The Morgan fingerprint density at radius 3 is 2.48 bits per heavy atom. The maximum Gasteiger partial charge on any atom is 0.258 e. The summed E-state index contributed by atoms with van der Waals surface area (Å²) in [7, 11) is 3.38. The van der Waals surface area contributed by atoms with Crippen LogP contribution in [-0.2, 0) is 0 Å². The molecule has 4 nitrogen and oxygen atoms in total. The summed E-state index contributed by atoms with van der Waals surface area (Å²) in [4.78, 5) is 14.2. The molecule has 0 fully saturated rings. The summed E-state index contributed by atoms with van der Waals surface area (Å²) < 4.78 is 10.8. The van der Waals surface area contributed by atoms with Crippen molar-refractivity contribution in [2.24, 2.45) is 0 Å². The average Bonchev–Trinajstić information content (AvgIpc) is 2.61.